The molecule has 0 bridgehead atoms. The molecule has 3 atom stereocenters. The third-order valence-electron chi connectivity index (χ3n) is 3.54. The van der Waals surface area contributed by atoms with Crippen molar-refractivity contribution in [2.75, 3.05) is 24.7 Å². The summed E-state index contributed by atoms with van der Waals surface area (Å²) in [4.78, 5) is 36.8. The molecular weight excluding hydrogens is 298 g/mol. The first-order valence-corrected chi connectivity index (χ1v) is 8.13. The summed E-state index contributed by atoms with van der Waals surface area (Å²) in [6.45, 7) is 2.44. The van der Waals surface area contributed by atoms with Crippen molar-refractivity contribution < 1.29 is 29.0 Å². The number of carboxylic acid groups (broad SMARTS) is 1. The lowest BCUT2D eigenvalue weighted by Gasteiger charge is -2.35. The van der Waals surface area contributed by atoms with Gasteiger partial charge in [-0.2, -0.15) is 11.8 Å². The molecule has 8 heteroatoms. The van der Waals surface area contributed by atoms with Crippen molar-refractivity contribution in [2.24, 2.45) is 0 Å². The number of carbonyl (C=O) groups excluding carboxylic acids is 2. The molecule has 2 aliphatic rings. The number of thioether (sulfide) groups is 1. The molecule has 0 aliphatic carbocycles. The van der Waals surface area contributed by atoms with E-state index >= 15 is 0 Å². The molecule has 0 aromatic carbocycles. The molecule has 2 heterocycles. The van der Waals surface area contributed by atoms with E-state index in [-0.39, 0.29) is 12.5 Å². The van der Waals surface area contributed by atoms with Crippen LogP contribution in [0.1, 0.15) is 19.8 Å². The highest BCUT2D eigenvalue weighted by molar-refractivity contribution is 7.99. The van der Waals surface area contributed by atoms with Gasteiger partial charge < -0.3 is 19.5 Å². The molecule has 0 radical (unpaired) electrons. The number of amides is 1. The second kappa shape index (κ2) is 7.13. The number of esters is 1. The van der Waals surface area contributed by atoms with E-state index in [9.17, 15) is 14.4 Å². The highest BCUT2D eigenvalue weighted by Gasteiger charge is 2.41. The predicted octanol–water partition coefficient (Wildman–Crippen LogP) is 0.126. The summed E-state index contributed by atoms with van der Waals surface area (Å²) >= 11 is 1.60. The minimum absolute atomic E-state index is 0.267. The Kier molecular flexibility index (Phi) is 5.46. The number of rotatable bonds is 4. The maximum atomic E-state index is 12.5. The first-order chi connectivity index (χ1) is 10.0. The first-order valence-electron chi connectivity index (χ1n) is 6.97. The van der Waals surface area contributed by atoms with E-state index in [4.69, 9.17) is 14.6 Å². The Morgan fingerprint density at radius 2 is 2.05 bits per heavy atom. The zero-order valence-electron chi connectivity index (χ0n) is 11.8. The van der Waals surface area contributed by atoms with Gasteiger partial charge in [0.1, 0.15) is 12.1 Å². The molecule has 2 saturated heterocycles. The lowest BCUT2D eigenvalue weighted by molar-refractivity contribution is -0.161. The zero-order chi connectivity index (χ0) is 15.4. The van der Waals surface area contributed by atoms with Gasteiger partial charge in [-0.15, -0.1) is 0 Å². The fraction of sp³-hybridized carbons (Fsp3) is 0.769. The molecule has 0 aromatic rings. The van der Waals surface area contributed by atoms with E-state index in [1.165, 1.54) is 4.90 Å². The van der Waals surface area contributed by atoms with Crippen LogP contribution in [0.2, 0.25) is 0 Å². The summed E-state index contributed by atoms with van der Waals surface area (Å²) in [6.07, 6.45) is -1.02. The van der Waals surface area contributed by atoms with E-state index in [0.717, 1.165) is 5.75 Å². The third-order valence-corrected chi connectivity index (χ3v) is 4.56. The predicted molar refractivity (Wildman–Crippen MR) is 75.0 cm³/mol. The molecule has 0 saturated carbocycles. The second-order valence-corrected chi connectivity index (χ2v) is 6.05. The van der Waals surface area contributed by atoms with Gasteiger partial charge in [-0.25, -0.2) is 9.59 Å². The van der Waals surface area contributed by atoms with Crippen LogP contribution in [0.4, 0.5) is 0 Å². The average molecular weight is 317 g/mol. The Hall–Kier alpha value is -1.28. The molecule has 2 rings (SSSR count). The SMILES string of the molecule is CCOC(=O)C1CSCCN1C(=O)[C@@H]1CC[C@H](C(=O)O)O1. The number of hydrogen-bond acceptors (Lipinski definition) is 6. The molecule has 0 aromatic heterocycles. The number of carboxylic acids is 1. The summed E-state index contributed by atoms with van der Waals surface area (Å²) in [5, 5.41) is 8.91. The highest BCUT2D eigenvalue weighted by atomic mass is 32.2. The van der Waals surface area contributed by atoms with E-state index in [0.29, 0.717) is 25.1 Å². The van der Waals surface area contributed by atoms with Crippen molar-refractivity contribution in [3.63, 3.8) is 0 Å². The Morgan fingerprint density at radius 3 is 2.67 bits per heavy atom. The highest BCUT2D eigenvalue weighted by Crippen LogP contribution is 2.25. The standard InChI is InChI=1S/C13H19NO6S/c1-2-19-13(18)8-7-21-6-5-14(8)11(15)9-3-4-10(20-9)12(16)17/h8-10H,2-7H2,1H3,(H,16,17)/t8?,9-,10+/m0/s1. The van der Waals surface area contributed by atoms with Crippen LogP contribution in [0.25, 0.3) is 0 Å². The van der Waals surface area contributed by atoms with Crippen LogP contribution in [0.3, 0.4) is 0 Å². The van der Waals surface area contributed by atoms with Crippen LogP contribution in [0, 0.1) is 0 Å². The van der Waals surface area contributed by atoms with Crippen LogP contribution in [0.5, 0.6) is 0 Å². The molecular formula is C13H19NO6S. The van der Waals surface area contributed by atoms with Gasteiger partial charge in [-0.05, 0) is 19.8 Å². The van der Waals surface area contributed by atoms with Crippen LogP contribution in [-0.2, 0) is 23.9 Å². The molecule has 2 aliphatic heterocycles. The minimum Gasteiger partial charge on any atom is -0.479 e. The molecule has 1 N–H and O–H groups in total. The number of carbonyl (C=O) groups is 3. The summed E-state index contributed by atoms with van der Waals surface area (Å²) in [6, 6.07) is -0.608. The zero-order valence-corrected chi connectivity index (χ0v) is 12.6. The molecule has 1 unspecified atom stereocenters. The average Bonchev–Trinajstić information content (AvgIpc) is 2.97. The van der Waals surface area contributed by atoms with Crippen molar-refractivity contribution in [1.29, 1.82) is 0 Å². The van der Waals surface area contributed by atoms with E-state index in [1.54, 1.807) is 18.7 Å². The molecule has 2 fully saturated rings. The van der Waals surface area contributed by atoms with Crippen LogP contribution in [0.15, 0.2) is 0 Å². The fourth-order valence-corrected chi connectivity index (χ4v) is 3.52. The summed E-state index contributed by atoms with van der Waals surface area (Å²) < 4.78 is 10.3. The maximum Gasteiger partial charge on any atom is 0.332 e. The lowest BCUT2D eigenvalue weighted by Crippen LogP contribution is -2.54. The Morgan fingerprint density at radius 1 is 1.33 bits per heavy atom. The normalized spacial score (nSPS) is 29.2. The molecule has 0 spiro atoms. The Bertz CT molecular complexity index is 429. The molecule has 118 valence electrons. The maximum absolute atomic E-state index is 12.5. The number of ether oxygens (including phenoxy) is 2. The van der Waals surface area contributed by atoms with Crippen LogP contribution < -0.4 is 0 Å². The summed E-state index contributed by atoms with van der Waals surface area (Å²) in [7, 11) is 0. The Balaban J connectivity index is 2.02. The van der Waals surface area contributed by atoms with Crippen molar-refractivity contribution in [2.45, 2.75) is 38.0 Å². The smallest absolute Gasteiger partial charge is 0.332 e. The van der Waals surface area contributed by atoms with Crippen LogP contribution in [-0.4, -0.2) is 70.8 Å². The third kappa shape index (κ3) is 3.68. The molecule has 1 amide bonds. The topological polar surface area (TPSA) is 93.1 Å². The van der Waals surface area contributed by atoms with Crippen molar-refractivity contribution in [3.05, 3.63) is 0 Å². The lowest BCUT2D eigenvalue weighted by atomic mass is 10.1. The van der Waals surface area contributed by atoms with Gasteiger partial charge in [0.15, 0.2) is 6.10 Å². The fourth-order valence-electron chi connectivity index (χ4n) is 2.49. The number of aliphatic carboxylic acids is 1. The van der Waals surface area contributed by atoms with Crippen molar-refractivity contribution in [1.82, 2.24) is 4.90 Å². The van der Waals surface area contributed by atoms with E-state index in [1.807, 2.05) is 0 Å². The van der Waals surface area contributed by atoms with Gasteiger partial charge in [0.2, 0.25) is 0 Å². The second-order valence-electron chi connectivity index (χ2n) is 4.90. The van der Waals surface area contributed by atoms with Gasteiger partial charge in [-0.1, -0.05) is 0 Å². The van der Waals surface area contributed by atoms with Crippen LogP contribution >= 0.6 is 11.8 Å². The van der Waals surface area contributed by atoms with Gasteiger partial charge in [0.25, 0.3) is 5.91 Å². The Labute approximate surface area is 126 Å². The van der Waals surface area contributed by atoms with E-state index < -0.39 is 30.2 Å². The minimum atomic E-state index is -1.05. The number of hydrogen-bond donors (Lipinski definition) is 1. The molecule has 21 heavy (non-hydrogen) atoms. The monoisotopic (exact) mass is 317 g/mol. The number of nitrogens with zero attached hydrogens (tertiary/aromatic N) is 1. The first kappa shape index (κ1) is 16.1. The quantitative estimate of drug-likeness (QED) is 0.736. The summed E-state index contributed by atoms with van der Waals surface area (Å²) in [5.41, 5.74) is 0. The van der Waals surface area contributed by atoms with E-state index in [2.05, 4.69) is 0 Å². The van der Waals surface area contributed by atoms with Gasteiger partial charge in [0.05, 0.1) is 6.61 Å². The van der Waals surface area contributed by atoms with Crippen molar-refractivity contribution >= 4 is 29.6 Å². The largest absolute Gasteiger partial charge is 0.479 e. The van der Waals surface area contributed by atoms with Gasteiger partial charge >= 0.3 is 11.9 Å². The van der Waals surface area contributed by atoms with Gasteiger partial charge in [0, 0.05) is 18.1 Å². The van der Waals surface area contributed by atoms with Gasteiger partial charge in [-0.3, -0.25) is 4.79 Å². The van der Waals surface area contributed by atoms with Crippen molar-refractivity contribution in [3.8, 4) is 0 Å². The summed E-state index contributed by atoms with van der Waals surface area (Å²) in [5.74, 6) is -0.527. The molecule has 7 nitrogen and oxygen atoms in total.